The Hall–Kier alpha value is -2.94. The van der Waals surface area contributed by atoms with Crippen LogP contribution in [0, 0.1) is 0 Å². The second-order valence-corrected chi connectivity index (χ2v) is 8.00. The van der Waals surface area contributed by atoms with Gasteiger partial charge in [-0.15, -0.1) is 0 Å². The maximum atomic E-state index is 12.9. The molecule has 0 N–H and O–H groups in total. The van der Waals surface area contributed by atoms with Crippen LogP contribution in [-0.4, -0.2) is 53.0 Å². The van der Waals surface area contributed by atoms with Gasteiger partial charge in [-0.2, -0.15) is 4.98 Å². The molecule has 0 unspecified atom stereocenters. The molecule has 0 amide bonds. The normalized spacial score (nSPS) is 17.9. The van der Waals surface area contributed by atoms with Crippen LogP contribution in [0.5, 0.6) is 0 Å². The van der Waals surface area contributed by atoms with Crippen LogP contribution in [0.25, 0.3) is 10.9 Å². The second kappa shape index (κ2) is 8.06. The molecule has 5 rings (SSSR count). The summed E-state index contributed by atoms with van der Waals surface area (Å²) in [4.78, 5) is 26.3. The highest BCUT2D eigenvalue weighted by atomic mass is 16.5. The molecule has 1 saturated heterocycles. The highest BCUT2D eigenvalue weighted by Gasteiger charge is 2.23. The molecule has 1 aromatic carbocycles. The zero-order valence-corrected chi connectivity index (χ0v) is 17.2. The van der Waals surface area contributed by atoms with Crippen molar-refractivity contribution in [1.29, 1.82) is 0 Å². The fraction of sp³-hybridized carbons (Fsp3) is 0.524. The summed E-state index contributed by atoms with van der Waals surface area (Å²) >= 11 is 0. The molecule has 0 spiro atoms. The summed E-state index contributed by atoms with van der Waals surface area (Å²) in [5.41, 5.74) is 1.92. The summed E-state index contributed by atoms with van der Waals surface area (Å²) in [5, 5.41) is 4.63. The van der Waals surface area contributed by atoms with E-state index in [1.165, 1.54) is 12.8 Å². The number of piperazine rings is 1. The van der Waals surface area contributed by atoms with Gasteiger partial charge in [-0.3, -0.25) is 9.36 Å². The largest absolute Gasteiger partial charge is 0.377 e. The molecule has 2 aliphatic rings. The van der Waals surface area contributed by atoms with E-state index in [1.54, 1.807) is 13.4 Å². The number of benzene rings is 1. The van der Waals surface area contributed by atoms with Gasteiger partial charge < -0.3 is 19.1 Å². The number of hydrogen-bond donors (Lipinski definition) is 0. The van der Waals surface area contributed by atoms with Gasteiger partial charge in [0.15, 0.2) is 5.82 Å². The molecule has 0 bridgehead atoms. The van der Waals surface area contributed by atoms with Gasteiger partial charge in [0.25, 0.3) is 5.56 Å². The quantitative estimate of drug-likeness (QED) is 0.633. The minimum Gasteiger partial charge on any atom is -0.377 e. The lowest BCUT2D eigenvalue weighted by molar-refractivity contribution is 0.174. The molecule has 0 radical (unpaired) electrons. The van der Waals surface area contributed by atoms with Crippen molar-refractivity contribution in [2.24, 2.45) is 0 Å². The average Bonchev–Trinajstić information content (AvgIpc) is 3.47. The van der Waals surface area contributed by atoms with E-state index in [1.807, 2.05) is 22.8 Å². The van der Waals surface area contributed by atoms with Crippen LogP contribution in [0.3, 0.4) is 0 Å². The van der Waals surface area contributed by atoms with E-state index in [-0.39, 0.29) is 5.56 Å². The minimum absolute atomic E-state index is 0.0755. The number of hydrogen-bond acceptors (Lipinski definition) is 8. The van der Waals surface area contributed by atoms with Gasteiger partial charge in [0.1, 0.15) is 6.61 Å². The van der Waals surface area contributed by atoms with E-state index in [0.29, 0.717) is 29.9 Å². The maximum absolute atomic E-state index is 12.9. The Morgan fingerprint density at radius 1 is 1.13 bits per heavy atom. The van der Waals surface area contributed by atoms with E-state index in [4.69, 9.17) is 9.26 Å². The first-order chi connectivity index (χ1) is 14.7. The van der Waals surface area contributed by atoms with Crippen LogP contribution < -0.4 is 15.4 Å². The zero-order valence-electron chi connectivity index (χ0n) is 17.2. The SMILES string of the molecule is COCc1noc(N2CCN(c3ccc4c(=O)n(C5CCCC5)cnc4c3)CC2)n1. The number of nitrogens with zero attached hydrogens (tertiary/aromatic N) is 6. The summed E-state index contributed by atoms with van der Waals surface area (Å²) in [7, 11) is 1.61. The molecular formula is C21H26N6O3. The van der Waals surface area contributed by atoms with Gasteiger partial charge in [0.05, 0.1) is 17.2 Å². The van der Waals surface area contributed by atoms with E-state index >= 15 is 0 Å². The molecule has 30 heavy (non-hydrogen) atoms. The van der Waals surface area contributed by atoms with Gasteiger partial charge in [-0.1, -0.05) is 18.0 Å². The Balaban J connectivity index is 1.30. The summed E-state index contributed by atoms with van der Waals surface area (Å²) in [6.45, 7) is 3.56. The Bertz CT molecular complexity index is 1080. The smallest absolute Gasteiger partial charge is 0.324 e. The third kappa shape index (κ3) is 3.54. The molecule has 3 heterocycles. The highest BCUT2D eigenvalue weighted by molar-refractivity contribution is 5.81. The number of ether oxygens (including phenoxy) is 1. The van der Waals surface area contributed by atoms with Crippen LogP contribution in [0.2, 0.25) is 0 Å². The number of aromatic nitrogens is 4. The minimum atomic E-state index is 0.0755. The fourth-order valence-electron chi connectivity index (χ4n) is 4.48. The third-order valence-corrected chi connectivity index (χ3v) is 6.13. The van der Waals surface area contributed by atoms with E-state index < -0.39 is 0 Å². The summed E-state index contributed by atoms with van der Waals surface area (Å²) < 4.78 is 12.2. The highest BCUT2D eigenvalue weighted by Crippen LogP contribution is 2.29. The zero-order chi connectivity index (χ0) is 20.5. The maximum Gasteiger partial charge on any atom is 0.324 e. The Kier molecular flexibility index (Phi) is 5.12. The van der Waals surface area contributed by atoms with Crippen LogP contribution in [0.1, 0.15) is 37.5 Å². The first-order valence-corrected chi connectivity index (χ1v) is 10.6. The van der Waals surface area contributed by atoms with E-state index in [2.05, 4.69) is 24.9 Å². The van der Waals surface area contributed by atoms with Crippen molar-refractivity contribution >= 4 is 22.6 Å². The fourth-order valence-corrected chi connectivity index (χ4v) is 4.48. The summed E-state index contributed by atoms with van der Waals surface area (Å²) in [6.07, 6.45) is 6.26. The predicted octanol–water partition coefficient (Wildman–Crippen LogP) is 2.37. The summed E-state index contributed by atoms with van der Waals surface area (Å²) in [6, 6.07) is 6.82. The Morgan fingerprint density at radius 3 is 2.67 bits per heavy atom. The van der Waals surface area contributed by atoms with Gasteiger partial charge in [0.2, 0.25) is 0 Å². The molecule has 158 valence electrons. The number of rotatable bonds is 5. The van der Waals surface area contributed by atoms with Gasteiger partial charge in [-0.05, 0) is 31.0 Å². The van der Waals surface area contributed by atoms with Crippen molar-refractivity contribution in [2.45, 2.75) is 38.3 Å². The third-order valence-electron chi connectivity index (χ3n) is 6.13. The lowest BCUT2D eigenvalue weighted by Gasteiger charge is -2.35. The van der Waals surface area contributed by atoms with E-state index in [0.717, 1.165) is 50.2 Å². The topological polar surface area (TPSA) is 89.5 Å². The molecular weight excluding hydrogens is 384 g/mol. The molecule has 9 heteroatoms. The molecule has 0 atom stereocenters. The monoisotopic (exact) mass is 410 g/mol. The molecule has 2 aromatic heterocycles. The number of methoxy groups -OCH3 is 1. The van der Waals surface area contributed by atoms with Crippen LogP contribution in [0.4, 0.5) is 11.7 Å². The van der Waals surface area contributed by atoms with Crippen LogP contribution in [-0.2, 0) is 11.3 Å². The number of fused-ring (bicyclic) bond motifs is 1. The van der Waals surface area contributed by atoms with Gasteiger partial charge in [0, 0.05) is 45.0 Å². The first-order valence-electron chi connectivity index (χ1n) is 10.6. The molecule has 1 aliphatic carbocycles. The molecule has 2 fully saturated rings. The van der Waals surface area contributed by atoms with Crippen LogP contribution >= 0.6 is 0 Å². The number of anilines is 2. The van der Waals surface area contributed by atoms with Crippen molar-refractivity contribution in [2.75, 3.05) is 43.1 Å². The summed E-state index contributed by atoms with van der Waals surface area (Å²) in [5.74, 6) is 0.554. The van der Waals surface area contributed by atoms with Crippen molar-refractivity contribution in [3.63, 3.8) is 0 Å². The molecule has 1 saturated carbocycles. The van der Waals surface area contributed by atoms with Crippen LogP contribution in [0.15, 0.2) is 33.8 Å². The molecule has 3 aromatic rings. The Morgan fingerprint density at radius 2 is 1.90 bits per heavy atom. The van der Waals surface area contributed by atoms with Crippen molar-refractivity contribution in [1.82, 2.24) is 19.7 Å². The van der Waals surface area contributed by atoms with Crippen molar-refractivity contribution in [3.05, 3.63) is 40.7 Å². The standard InChI is InChI=1S/C21H26N6O3/c1-29-13-19-23-21(30-24-19)26-10-8-25(9-11-26)16-6-7-17-18(12-16)22-14-27(20(17)28)15-4-2-3-5-15/h6-7,12,14-15H,2-5,8-11,13H2,1H3. The average molecular weight is 410 g/mol. The molecule has 9 nitrogen and oxygen atoms in total. The lowest BCUT2D eigenvalue weighted by atomic mass is 10.1. The van der Waals surface area contributed by atoms with Gasteiger partial charge >= 0.3 is 6.01 Å². The van der Waals surface area contributed by atoms with Crippen molar-refractivity contribution in [3.8, 4) is 0 Å². The lowest BCUT2D eigenvalue weighted by Crippen LogP contribution is -2.46. The second-order valence-electron chi connectivity index (χ2n) is 8.00. The predicted molar refractivity (Wildman–Crippen MR) is 113 cm³/mol. The molecule has 1 aliphatic heterocycles. The van der Waals surface area contributed by atoms with Gasteiger partial charge in [-0.25, -0.2) is 4.98 Å². The first kappa shape index (κ1) is 19.0. The van der Waals surface area contributed by atoms with E-state index in [9.17, 15) is 4.79 Å². The van der Waals surface area contributed by atoms with Crippen molar-refractivity contribution < 1.29 is 9.26 Å². The Labute approximate surface area is 174 Å².